The molecular weight excluding hydrogens is 274 g/mol. The highest BCUT2D eigenvalue weighted by atomic mass is 35.5. The summed E-state index contributed by atoms with van der Waals surface area (Å²) in [7, 11) is 1.62. The fourth-order valence-corrected chi connectivity index (χ4v) is 2.99. The normalized spacial score (nSPS) is 16.4. The van der Waals surface area contributed by atoms with Gasteiger partial charge < -0.3 is 10.1 Å². The molecule has 0 bridgehead atoms. The van der Waals surface area contributed by atoms with E-state index in [0.717, 1.165) is 31.5 Å². The summed E-state index contributed by atoms with van der Waals surface area (Å²) in [5, 5.41) is 3.88. The average molecular weight is 296 g/mol. The monoisotopic (exact) mass is 295 g/mol. The molecule has 0 amide bonds. The van der Waals surface area contributed by atoms with Gasteiger partial charge in [-0.15, -0.1) is 0 Å². The summed E-state index contributed by atoms with van der Waals surface area (Å²) in [6.07, 6.45) is 1.76. The van der Waals surface area contributed by atoms with Gasteiger partial charge in [0.1, 0.15) is 5.75 Å². The summed E-state index contributed by atoms with van der Waals surface area (Å²) in [4.78, 5) is 12.7. The van der Waals surface area contributed by atoms with E-state index in [0.29, 0.717) is 16.3 Å². The van der Waals surface area contributed by atoms with Crippen LogP contribution in [0.3, 0.4) is 0 Å². The molecule has 1 aromatic carbocycles. The maximum absolute atomic E-state index is 12.7. The Morgan fingerprint density at radius 3 is 2.55 bits per heavy atom. The van der Waals surface area contributed by atoms with Gasteiger partial charge in [0.2, 0.25) is 0 Å². The maximum atomic E-state index is 12.7. The first kappa shape index (κ1) is 15.3. The molecule has 3 nitrogen and oxygen atoms in total. The third-order valence-electron chi connectivity index (χ3n) is 3.88. The zero-order valence-electron chi connectivity index (χ0n) is 12.3. The summed E-state index contributed by atoms with van der Waals surface area (Å²) in [5.41, 5.74) is 1.63. The minimum Gasteiger partial charge on any atom is -0.496 e. The molecule has 1 saturated heterocycles. The summed E-state index contributed by atoms with van der Waals surface area (Å²) < 4.78 is 5.51. The van der Waals surface area contributed by atoms with E-state index in [1.54, 1.807) is 13.2 Å². The summed E-state index contributed by atoms with van der Waals surface area (Å²) in [6.45, 7) is 5.95. The SMILES string of the molecule is COc1c(C(=O)C2CCNCC2)cc(Cl)cc1C(C)C. The van der Waals surface area contributed by atoms with Crippen LogP contribution in [-0.4, -0.2) is 26.0 Å². The van der Waals surface area contributed by atoms with Crippen molar-refractivity contribution in [2.24, 2.45) is 5.92 Å². The Morgan fingerprint density at radius 1 is 1.35 bits per heavy atom. The first-order valence-corrected chi connectivity index (χ1v) is 7.54. The highest BCUT2D eigenvalue weighted by Crippen LogP contribution is 2.35. The molecule has 1 heterocycles. The van der Waals surface area contributed by atoms with E-state index in [1.165, 1.54) is 0 Å². The number of Topliss-reactive ketones (excluding diaryl/α,β-unsaturated/α-hetero) is 1. The van der Waals surface area contributed by atoms with Crippen LogP contribution >= 0.6 is 11.6 Å². The molecule has 0 unspecified atom stereocenters. The second kappa shape index (κ2) is 6.59. The van der Waals surface area contributed by atoms with Gasteiger partial charge in [-0.05, 0) is 49.5 Å². The molecule has 20 heavy (non-hydrogen) atoms. The Hall–Kier alpha value is -1.06. The molecule has 4 heteroatoms. The van der Waals surface area contributed by atoms with Crippen LogP contribution in [0.2, 0.25) is 5.02 Å². The number of rotatable bonds is 4. The molecule has 2 rings (SSSR count). The molecule has 1 aromatic rings. The Morgan fingerprint density at radius 2 is 2.00 bits per heavy atom. The molecule has 0 aliphatic carbocycles. The van der Waals surface area contributed by atoms with Crippen molar-refractivity contribution in [3.8, 4) is 5.75 Å². The summed E-state index contributed by atoms with van der Waals surface area (Å²) in [6, 6.07) is 3.64. The van der Waals surface area contributed by atoms with Gasteiger partial charge in [-0.2, -0.15) is 0 Å². The Bertz CT molecular complexity index is 493. The van der Waals surface area contributed by atoms with Crippen molar-refractivity contribution >= 4 is 17.4 Å². The van der Waals surface area contributed by atoms with Crippen molar-refractivity contribution in [3.63, 3.8) is 0 Å². The molecule has 0 spiro atoms. The quantitative estimate of drug-likeness (QED) is 0.862. The largest absolute Gasteiger partial charge is 0.496 e. The predicted octanol–water partition coefficient (Wildman–Crippen LogP) is 3.65. The number of carbonyl (C=O) groups excluding carboxylic acids is 1. The van der Waals surface area contributed by atoms with Crippen molar-refractivity contribution in [3.05, 3.63) is 28.3 Å². The number of halogens is 1. The summed E-state index contributed by atoms with van der Waals surface area (Å²) >= 11 is 6.19. The van der Waals surface area contributed by atoms with Gasteiger partial charge in [0, 0.05) is 10.9 Å². The van der Waals surface area contributed by atoms with Crippen molar-refractivity contribution in [1.29, 1.82) is 0 Å². The molecule has 1 aliphatic rings. The van der Waals surface area contributed by atoms with Gasteiger partial charge in [0.25, 0.3) is 0 Å². The molecule has 1 fully saturated rings. The predicted molar refractivity (Wildman–Crippen MR) is 82.0 cm³/mol. The van der Waals surface area contributed by atoms with Crippen molar-refractivity contribution in [1.82, 2.24) is 5.32 Å². The highest BCUT2D eigenvalue weighted by molar-refractivity contribution is 6.31. The van der Waals surface area contributed by atoms with Crippen LogP contribution in [0.25, 0.3) is 0 Å². The maximum Gasteiger partial charge on any atom is 0.169 e. The van der Waals surface area contributed by atoms with Crippen molar-refractivity contribution in [2.75, 3.05) is 20.2 Å². The van der Waals surface area contributed by atoms with Crippen LogP contribution in [0.1, 0.15) is 48.5 Å². The number of hydrogen-bond acceptors (Lipinski definition) is 3. The lowest BCUT2D eigenvalue weighted by Gasteiger charge is -2.23. The third kappa shape index (κ3) is 3.15. The van der Waals surface area contributed by atoms with Crippen LogP contribution in [0.4, 0.5) is 0 Å². The first-order valence-electron chi connectivity index (χ1n) is 7.17. The lowest BCUT2D eigenvalue weighted by atomic mass is 9.87. The van der Waals surface area contributed by atoms with Crippen molar-refractivity contribution in [2.45, 2.75) is 32.6 Å². The third-order valence-corrected chi connectivity index (χ3v) is 4.10. The highest BCUT2D eigenvalue weighted by Gasteiger charge is 2.26. The Labute approximate surface area is 125 Å². The standard InChI is InChI=1S/C16H22ClNO2/c1-10(2)13-8-12(17)9-14(16(13)20-3)15(19)11-4-6-18-7-5-11/h8-11,18H,4-7H2,1-3H3. The van der Waals surface area contributed by atoms with E-state index >= 15 is 0 Å². The molecule has 1 aliphatic heterocycles. The van der Waals surface area contributed by atoms with E-state index in [4.69, 9.17) is 16.3 Å². The van der Waals surface area contributed by atoms with E-state index in [-0.39, 0.29) is 17.6 Å². The molecule has 0 atom stereocenters. The van der Waals surface area contributed by atoms with Crippen LogP contribution in [0.15, 0.2) is 12.1 Å². The molecular formula is C16H22ClNO2. The average Bonchev–Trinajstić information content (AvgIpc) is 2.46. The van der Waals surface area contributed by atoms with Crippen LogP contribution < -0.4 is 10.1 Å². The number of piperidine rings is 1. The second-order valence-electron chi connectivity index (χ2n) is 5.62. The zero-order valence-corrected chi connectivity index (χ0v) is 13.1. The number of nitrogens with one attached hydrogen (secondary N) is 1. The van der Waals surface area contributed by atoms with Gasteiger partial charge in [-0.3, -0.25) is 4.79 Å². The van der Waals surface area contributed by atoms with E-state index in [9.17, 15) is 4.79 Å². The van der Waals surface area contributed by atoms with Gasteiger partial charge in [0.15, 0.2) is 5.78 Å². The van der Waals surface area contributed by atoms with Crippen LogP contribution in [0, 0.1) is 5.92 Å². The van der Waals surface area contributed by atoms with Gasteiger partial charge in [-0.1, -0.05) is 25.4 Å². The van der Waals surface area contributed by atoms with E-state index in [1.807, 2.05) is 6.07 Å². The Balaban J connectivity index is 2.41. The smallest absolute Gasteiger partial charge is 0.169 e. The molecule has 0 aromatic heterocycles. The summed E-state index contributed by atoms with van der Waals surface area (Å²) in [5.74, 6) is 1.19. The number of benzene rings is 1. The lowest BCUT2D eigenvalue weighted by molar-refractivity contribution is 0.0891. The number of carbonyl (C=O) groups is 1. The lowest BCUT2D eigenvalue weighted by Crippen LogP contribution is -2.32. The van der Waals surface area contributed by atoms with E-state index in [2.05, 4.69) is 19.2 Å². The van der Waals surface area contributed by atoms with Crippen LogP contribution in [0.5, 0.6) is 5.75 Å². The number of hydrogen-bond donors (Lipinski definition) is 1. The second-order valence-corrected chi connectivity index (χ2v) is 6.06. The minimum absolute atomic E-state index is 0.0728. The zero-order chi connectivity index (χ0) is 14.7. The number of methoxy groups -OCH3 is 1. The molecule has 0 saturated carbocycles. The number of ketones is 1. The fraction of sp³-hybridized carbons (Fsp3) is 0.562. The van der Waals surface area contributed by atoms with Gasteiger partial charge in [-0.25, -0.2) is 0 Å². The van der Waals surface area contributed by atoms with E-state index < -0.39 is 0 Å². The van der Waals surface area contributed by atoms with Crippen molar-refractivity contribution < 1.29 is 9.53 Å². The minimum atomic E-state index is 0.0728. The molecule has 110 valence electrons. The fourth-order valence-electron chi connectivity index (χ4n) is 2.76. The molecule has 0 radical (unpaired) electrons. The van der Waals surface area contributed by atoms with Gasteiger partial charge in [0.05, 0.1) is 12.7 Å². The van der Waals surface area contributed by atoms with Crippen LogP contribution in [-0.2, 0) is 0 Å². The van der Waals surface area contributed by atoms with Gasteiger partial charge >= 0.3 is 0 Å². The topological polar surface area (TPSA) is 38.3 Å². The number of ether oxygens (including phenoxy) is 1. The Kier molecular flexibility index (Phi) is 5.06. The first-order chi connectivity index (χ1) is 9.54. The molecule has 1 N–H and O–H groups in total.